The van der Waals surface area contributed by atoms with Gasteiger partial charge < -0.3 is 10.1 Å². The molecule has 26 heavy (non-hydrogen) atoms. The third-order valence-electron chi connectivity index (χ3n) is 3.37. The van der Waals surface area contributed by atoms with E-state index in [2.05, 4.69) is 52.8 Å². The van der Waals surface area contributed by atoms with Gasteiger partial charge in [0, 0.05) is 33.3 Å². The third-order valence-corrected chi connectivity index (χ3v) is 5.39. The van der Waals surface area contributed by atoms with E-state index < -0.39 is 0 Å². The van der Waals surface area contributed by atoms with E-state index in [-0.39, 0.29) is 32.6 Å². The van der Waals surface area contributed by atoms with Crippen molar-refractivity contribution in [2.24, 2.45) is 0 Å². The molecule has 0 aliphatic carbocycles. The first-order valence-electron chi connectivity index (χ1n) is 7.66. The van der Waals surface area contributed by atoms with E-state index in [4.69, 9.17) is 5.11 Å². The Morgan fingerprint density at radius 3 is 2.62 bits per heavy atom. The summed E-state index contributed by atoms with van der Waals surface area (Å²) in [5.41, 5.74) is 1.04. The second-order valence-corrected chi connectivity index (χ2v) is 7.42. The maximum absolute atomic E-state index is 10.0. The van der Waals surface area contributed by atoms with Crippen LogP contribution in [0.15, 0.2) is 59.8 Å². The van der Waals surface area contributed by atoms with Crippen molar-refractivity contribution < 1.29 is 31.0 Å². The molecule has 0 fully saturated rings. The monoisotopic (exact) mass is 561 g/mol. The van der Waals surface area contributed by atoms with Gasteiger partial charge in [0.05, 0.1) is 5.76 Å². The molecule has 0 amide bonds. The second kappa shape index (κ2) is 9.22. The van der Waals surface area contributed by atoms with Crippen LogP contribution in [0.3, 0.4) is 0 Å². The fraction of sp³-hybridized carbons (Fsp3) is 0.100. The minimum atomic E-state index is -0.125. The van der Waals surface area contributed by atoms with Crippen molar-refractivity contribution in [1.29, 1.82) is 0 Å². The smallest absolute Gasteiger partial charge is 0.155 e. The van der Waals surface area contributed by atoms with Crippen LogP contribution in [-0.2, 0) is 25.9 Å². The predicted octanol–water partition coefficient (Wildman–Crippen LogP) is 6.01. The topological polar surface area (TPSA) is 50.2 Å². The van der Waals surface area contributed by atoms with Crippen LogP contribution in [0.1, 0.15) is 13.8 Å². The molecule has 6 heteroatoms. The zero-order valence-corrected chi connectivity index (χ0v) is 18.0. The number of hydrogen-bond donors (Lipinski definition) is 1. The number of thiophene rings is 2. The average molecular weight is 562 g/mol. The van der Waals surface area contributed by atoms with E-state index in [1.165, 1.54) is 40.1 Å². The number of aromatic nitrogens is 1. The van der Waals surface area contributed by atoms with E-state index in [1.54, 1.807) is 22.7 Å². The van der Waals surface area contributed by atoms with Crippen molar-refractivity contribution >= 4 is 48.6 Å². The van der Waals surface area contributed by atoms with E-state index in [0.717, 1.165) is 10.6 Å². The molecule has 3 aromatic heterocycles. The number of ketones is 1. The molecule has 4 rings (SSSR count). The number of aliphatic hydroxyl groups excluding tert-OH is 1. The van der Waals surface area contributed by atoms with E-state index in [0.29, 0.717) is 0 Å². The zero-order chi connectivity index (χ0) is 17.8. The predicted molar refractivity (Wildman–Crippen MR) is 106 cm³/mol. The van der Waals surface area contributed by atoms with Crippen LogP contribution >= 0.6 is 22.7 Å². The summed E-state index contributed by atoms with van der Waals surface area (Å²) < 4.78 is 2.52. The summed E-state index contributed by atoms with van der Waals surface area (Å²) in [6.07, 6.45) is 3.04. The summed E-state index contributed by atoms with van der Waals surface area (Å²) in [5, 5.41) is 12.9. The number of nitrogens with zero attached hydrogens (tertiary/aromatic N) is 1. The molecule has 0 radical (unpaired) electrons. The Morgan fingerprint density at radius 2 is 1.96 bits per heavy atom. The number of hydrogen-bond acceptors (Lipinski definition) is 5. The van der Waals surface area contributed by atoms with Gasteiger partial charge in [-0.1, -0.05) is 44.6 Å². The molecule has 0 bridgehead atoms. The minimum absolute atomic E-state index is 0. The van der Waals surface area contributed by atoms with Crippen LogP contribution in [0, 0.1) is 6.07 Å². The Bertz CT molecular complexity index is 1030. The van der Waals surface area contributed by atoms with Crippen LogP contribution < -0.4 is 0 Å². The van der Waals surface area contributed by atoms with Crippen LogP contribution in [0.5, 0.6) is 0 Å². The van der Waals surface area contributed by atoms with Crippen LogP contribution in [-0.4, -0.2) is 15.9 Å². The van der Waals surface area contributed by atoms with Crippen LogP contribution in [0.4, 0.5) is 0 Å². The molecule has 0 atom stereocenters. The summed E-state index contributed by atoms with van der Waals surface area (Å²) in [6.45, 7) is 2.85. The van der Waals surface area contributed by atoms with Gasteiger partial charge in [0.2, 0.25) is 0 Å². The fourth-order valence-corrected chi connectivity index (χ4v) is 4.43. The van der Waals surface area contributed by atoms with Gasteiger partial charge in [-0.05, 0) is 41.8 Å². The maximum Gasteiger partial charge on any atom is 0.155 e. The van der Waals surface area contributed by atoms with Gasteiger partial charge in [-0.25, -0.2) is 11.3 Å². The quantitative estimate of drug-likeness (QED) is 0.185. The molecule has 3 heterocycles. The SMILES string of the molecule is CC(=O)/C=C(/C)O.[Pt].[c-]1c(-c2nccc3ccccc23)sc2ccsc12. The fourth-order valence-electron chi connectivity index (χ4n) is 2.41. The number of aliphatic hydroxyl groups is 1. The van der Waals surface area contributed by atoms with E-state index >= 15 is 0 Å². The molecular formula is C20H16NO2PtS2-. The molecule has 0 saturated heterocycles. The Morgan fingerprint density at radius 1 is 1.19 bits per heavy atom. The molecule has 4 aromatic rings. The Kier molecular flexibility index (Phi) is 7.27. The van der Waals surface area contributed by atoms with Gasteiger partial charge >= 0.3 is 0 Å². The third kappa shape index (κ3) is 4.88. The molecule has 0 spiro atoms. The first kappa shape index (κ1) is 20.5. The molecule has 3 nitrogen and oxygen atoms in total. The molecule has 136 valence electrons. The number of fused-ring (bicyclic) bond motifs is 2. The van der Waals surface area contributed by atoms with Crippen molar-refractivity contribution in [1.82, 2.24) is 4.98 Å². The summed E-state index contributed by atoms with van der Waals surface area (Å²) in [4.78, 5) is 15.7. The first-order valence-corrected chi connectivity index (χ1v) is 9.35. The summed E-state index contributed by atoms with van der Waals surface area (Å²) >= 11 is 3.50. The van der Waals surface area contributed by atoms with Gasteiger partial charge in [0.25, 0.3) is 0 Å². The van der Waals surface area contributed by atoms with Gasteiger partial charge in [-0.15, -0.1) is 6.07 Å². The van der Waals surface area contributed by atoms with Crippen molar-refractivity contribution in [2.75, 3.05) is 0 Å². The molecule has 0 unspecified atom stereocenters. The molecule has 0 aliphatic rings. The number of allylic oxidation sites excluding steroid dienone is 2. The summed E-state index contributed by atoms with van der Waals surface area (Å²) in [5.74, 6) is -0.0625. The number of pyridine rings is 1. The molecule has 0 saturated carbocycles. The number of carbonyl (C=O) groups excluding carboxylic acids is 1. The van der Waals surface area contributed by atoms with Crippen molar-refractivity contribution in [3.05, 3.63) is 65.9 Å². The molecular weight excluding hydrogens is 545 g/mol. The van der Waals surface area contributed by atoms with Crippen molar-refractivity contribution in [2.45, 2.75) is 13.8 Å². The van der Waals surface area contributed by atoms with Crippen molar-refractivity contribution in [3.8, 4) is 10.6 Å². The van der Waals surface area contributed by atoms with Gasteiger partial charge in [0.15, 0.2) is 5.78 Å². The summed E-state index contributed by atoms with van der Waals surface area (Å²) in [6, 6.07) is 16.0. The van der Waals surface area contributed by atoms with Gasteiger partial charge in [0.1, 0.15) is 0 Å². The second-order valence-electron chi connectivity index (χ2n) is 5.45. The van der Waals surface area contributed by atoms with E-state index in [1.807, 2.05) is 6.20 Å². The largest absolute Gasteiger partial charge is 0.512 e. The van der Waals surface area contributed by atoms with Gasteiger partial charge in [-0.2, -0.15) is 11.3 Å². The number of carbonyl (C=O) groups is 1. The molecule has 1 aromatic carbocycles. The Balaban J connectivity index is 0.000000265. The summed E-state index contributed by atoms with van der Waals surface area (Å²) in [7, 11) is 0. The zero-order valence-electron chi connectivity index (χ0n) is 14.1. The average Bonchev–Trinajstić information content (AvgIpc) is 3.15. The Labute approximate surface area is 174 Å². The molecule has 0 aliphatic heterocycles. The van der Waals surface area contributed by atoms with Gasteiger partial charge in [-0.3, -0.25) is 4.79 Å². The standard InChI is InChI=1S/C15H8NS2.C5H8O2.Pt/c1-2-4-11-10(3-1)5-7-16-15(11)14-9-13-12(18-14)6-8-17-13;1-4(6)3-5(2)7;/h1-8H;3,6H,1-2H3;/q-1;;/b;4-3-;. The molecule has 1 N–H and O–H groups in total. The maximum atomic E-state index is 10.0. The minimum Gasteiger partial charge on any atom is -0.512 e. The van der Waals surface area contributed by atoms with E-state index in [9.17, 15) is 4.79 Å². The van der Waals surface area contributed by atoms with Crippen molar-refractivity contribution in [3.63, 3.8) is 0 Å². The first-order chi connectivity index (χ1) is 12.0. The normalized spacial score (nSPS) is 10.9. The van der Waals surface area contributed by atoms with Crippen LogP contribution in [0.2, 0.25) is 0 Å². The number of rotatable bonds is 2. The van der Waals surface area contributed by atoms with Crippen LogP contribution in [0.25, 0.3) is 30.7 Å². The number of benzene rings is 1. The Hall–Kier alpha value is -1.81.